The van der Waals surface area contributed by atoms with Crippen LogP contribution in [0.2, 0.25) is 0 Å². The first-order chi connectivity index (χ1) is 6.76. The maximum absolute atomic E-state index is 5.31. The van der Waals surface area contributed by atoms with E-state index in [9.17, 15) is 0 Å². The van der Waals surface area contributed by atoms with Gasteiger partial charge in [-0.3, -0.25) is 0 Å². The number of thiazole rings is 1. The molecule has 0 amide bonds. The molecule has 1 atom stereocenters. The Morgan fingerprint density at radius 3 is 2.93 bits per heavy atom. The Bertz CT molecular complexity index is 262. The summed E-state index contributed by atoms with van der Waals surface area (Å²) in [7, 11) is 0. The Morgan fingerprint density at radius 2 is 2.36 bits per heavy atom. The van der Waals surface area contributed by atoms with Crippen molar-refractivity contribution in [1.29, 1.82) is 0 Å². The topological polar surface area (TPSA) is 34.1 Å². The zero-order chi connectivity index (χ0) is 10.4. The number of aryl methyl sites for hydroxylation is 1. The molecule has 0 aromatic carbocycles. The van der Waals surface area contributed by atoms with E-state index in [1.54, 1.807) is 11.3 Å². The average Bonchev–Trinajstić information content (AvgIpc) is 2.62. The van der Waals surface area contributed by atoms with Crippen molar-refractivity contribution in [2.24, 2.45) is 0 Å². The molecule has 0 spiro atoms. The summed E-state index contributed by atoms with van der Waals surface area (Å²) < 4.78 is 5.31. The number of nitrogens with zero attached hydrogens (tertiary/aromatic N) is 1. The Morgan fingerprint density at radius 1 is 1.57 bits per heavy atom. The van der Waals surface area contributed by atoms with E-state index in [1.807, 2.05) is 6.92 Å². The van der Waals surface area contributed by atoms with Crippen LogP contribution in [0.25, 0.3) is 0 Å². The molecule has 1 heterocycles. The van der Waals surface area contributed by atoms with Crippen molar-refractivity contribution < 1.29 is 4.74 Å². The van der Waals surface area contributed by atoms with Crippen molar-refractivity contribution >= 4 is 16.5 Å². The molecule has 0 aliphatic rings. The third-order valence-corrected chi connectivity index (χ3v) is 2.68. The summed E-state index contributed by atoms with van der Waals surface area (Å²) in [5.74, 6) is 0. The summed E-state index contributed by atoms with van der Waals surface area (Å²) in [5, 5.41) is 6.40. The smallest absolute Gasteiger partial charge is 0.183 e. The van der Waals surface area contributed by atoms with E-state index in [2.05, 4.69) is 29.5 Å². The largest absolute Gasteiger partial charge is 0.380 e. The van der Waals surface area contributed by atoms with Crippen LogP contribution < -0.4 is 5.32 Å². The van der Waals surface area contributed by atoms with Gasteiger partial charge in [0.05, 0.1) is 12.3 Å². The van der Waals surface area contributed by atoms with Crippen LogP contribution in [0.5, 0.6) is 0 Å². The number of aromatic nitrogens is 1. The number of rotatable bonds is 6. The van der Waals surface area contributed by atoms with Crippen molar-refractivity contribution in [1.82, 2.24) is 4.98 Å². The molecule has 0 saturated heterocycles. The van der Waals surface area contributed by atoms with Gasteiger partial charge in [0, 0.05) is 18.0 Å². The standard InChI is InChI=1S/C10H18N2OS/c1-4-9-7-14-10(12-9)11-8(3)6-13-5-2/h7-8H,4-6H2,1-3H3,(H,11,12). The molecule has 0 aliphatic carbocycles. The van der Waals surface area contributed by atoms with Gasteiger partial charge in [0.15, 0.2) is 5.13 Å². The lowest BCUT2D eigenvalue weighted by atomic mass is 10.4. The summed E-state index contributed by atoms with van der Waals surface area (Å²) in [6.07, 6.45) is 0.998. The normalized spacial score (nSPS) is 12.8. The first-order valence-corrected chi connectivity index (χ1v) is 5.92. The van der Waals surface area contributed by atoms with E-state index >= 15 is 0 Å². The van der Waals surface area contributed by atoms with Gasteiger partial charge in [0.2, 0.25) is 0 Å². The van der Waals surface area contributed by atoms with Gasteiger partial charge in [0.25, 0.3) is 0 Å². The lowest BCUT2D eigenvalue weighted by Gasteiger charge is -2.11. The molecule has 0 aliphatic heterocycles. The lowest BCUT2D eigenvalue weighted by Crippen LogP contribution is -2.21. The van der Waals surface area contributed by atoms with Crippen LogP contribution in [-0.4, -0.2) is 24.2 Å². The van der Waals surface area contributed by atoms with Crippen LogP contribution in [-0.2, 0) is 11.2 Å². The van der Waals surface area contributed by atoms with E-state index in [0.717, 1.165) is 30.5 Å². The predicted molar refractivity (Wildman–Crippen MR) is 61.1 cm³/mol. The van der Waals surface area contributed by atoms with Gasteiger partial charge >= 0.3 is 0 Å². The zero-order valence-corrected chi connectivity index (χ0v) is 9.86. The summed E-state index contributed by atoms with van der Waals surface area (Å²) in [6, 6.07) is 0.325. The summed E-state index contributed by atoms with van der Waals surface area (Å²) in [6.45, 7) is 7.72. The summed E-state index contributed by atoms with van der Waals surface area (Å²) in [5.41, 5.74) is 1.15. The van der Waals surface area contributed by atoms with Gasteiger partial charge in [-0.05, 0) is 20.3 Å². The van der Waals surface area contributed by atoms with Gasteiger partial charge in [-0.25, -0.2) is 4.98 Å². The first-order valence-electron chi connectivity index (χ1n) is 5.05. The van der Waals surface area contributed by atoms with Gasteiger partial charge in [0.1, 0.15) is 0 Å². The Kier molecular flexibility index (Phi) is 4.90. The van der Waals surface area contributed by atoms with E-state index in [-0.39, 0.29) is 0 Å². The van der Waals surface area contributed by atoms with Crippen molar-refractivity contribution in [3.8, 4) is 0 Å². The van der Waals surface area contributed by atoms with Crippen LogP contribution >= 0.6 is 11.3 Å². The molecule has 14 heavy (non-hydrogen) atoms. The van der Waals surface area contributed by atoms with Crippen molar-refractivity contribution in [3.63, 3.8) is 0 Å². The summed E-state index contributed by atoms with van der Waals surface area (Å²) in [4.78, 5) is 4.43. The second-order valence-electron chi connectivity index (χ2n) is 3.20. The molecule has 4 heteroatoms. The minimum atomic E-state index is 0.325. The van der Waals surface area contributed by atoms with E-state index < -0.39 is 0 Å². The molecule has 1 aromatic rings. The molecular formula is C10H18N2OS. The van der Waals surface area contributed by atoms with E-state index in [1.165, 1.54) is 0 Å². The highest BCUT2D eigenvalue weighted by molar-refractivity contribution is 7.13. The quantitative estimate of drug-likeness (QED) is 0.790. The zero-order valence-electron chi connectivity index (χ0n) is 9.04. The lowest BCUT2D eigenvalue weighted by molar-refractivity contribution is 0.141. The first kappa shape index (κ1) is 11.5. The highest BCUT2D eigenvalue weighted by Gasteiger charge is 2.04. The molecule has 1 aromatic heterocycles. The highest BCUT2D eigenvalue weighted by Crippen LogP contribution is 2.16. The van der Waals surface area contributed by atoms with Gasteiger partial charge in [-0.15, -0.1) is 11.3 Å². The van der Waals surface area contributed by atoms with Crippen LogP contribution in [0.3, 0.4) is 0 Å². The molecule has 1 rings (SSSR count). The second kappa shape index (κ2) is 5.98. The fourth-order valence-corrected chi connectivity index (χ4v) is 1.99. The highest BCUT2D eigenvalue weighted by atomic mass is 32.1. The third kappa shape index (κ3) is 3.64. The van der Waals surface area contributed by atoms with Crippen molar-refractivity contribution in [2.45, 2.75) is 33.2 Å². The van der Waals surface area contributed by atoms with Crippen molar-refractivity contribution in [2.75, 3.05) is 18.5 Å². The van der Waals surface area contributed by atoms with Crippen LogP contribution in [0.1, 0.15) is 26.5 Å². The molecule has 1 N–H and O–H groups in total. The summed E-state index contributed by atoms with van der Waals surface area (Å²) >= 11 is 1.66. The van der Waals surface area contributed by atoms with Gasteiger partial charge < -0.3 is 10.1 Å². The molecule has 0 saturated carbocycles. The number of hydrogen-bond acceptors (Lipinski definition) is 4. The minimum absolute atomic E-state index is 0.325. The monoisotopic (exact) mass is 214 g/mol. The molecule has 3 nitrogen and oxygen atoms in total. The maximum Gasteiger partial charge on any atom is 0.183 e. The SMILES string of the molecule is CCOCC(C)Nc1nc(CC)cs1. The number of anilines is 1. The molecule has 1 unspecified atom stereocenters. The number of ether oxygens (including phenoxy) is 1. The Labute approximate surface area is 89.5 Å². The molecule has 0 radical (unpaired) electrons. The fraction of sp³-hybridized carbons (Fsp3) is 0.700. The second-order valence-corrected chi connectivity index (χ2v) is 4.06. The number of nitrogens with one attached hydrogen (secondary N) is 1. The minimum Gasteiger partial charge on any atom is -0.380 e. The van der Waals surface area contributed by atoms with Gasteiger partial charge in [-0.2, -0.15) is 0 Å². The van der Waals surface area contributed by atoms with E-state index in [4.69, 9.17) is 4.74 Å². The predicted octanol–water partition coefficient (Wildman–Crippen LogP) is 2.54. The molecule has 0 fully saturated rings. The molecule has 0 bridgehead atoms. The Balaban J connectivity index is 2.35. The van der Waals surface area contributed by atoms with E-state index in [0.29, 0.717) is 6.04 Å². The average molecular weight is 214 g/mol. The Hall–Kier alpha value is -0.610. The van der Waals surface area contributed by atoms with Crippen LogP contribution in [0.15, 0.2) is 5.38 Å². The van der Waals surface area contributed by atoms with Crippen LogP contribution in [0.4, 0.5) is 5.13 Å². The van der Waals surface area contributed by atoms with Crippen molar-refractivity contribution in [3.05, 3.63) is 11.1 Å². The maximum atomic E-state index is 5.31. The third-order valence-electron chi connectivity index (χ3n) is 1.86. The number of hydrogen-bond donors (Lipinski definition) is 1. The molecule has 80 valence electrons. The fourth-order valence-electron chi connectivity index (χ4n) is 1.08. The van der Waals surface area contributed by atoms with Gasteiger partial charge in [-0.1, -0.05) is 6.92 Å². The van der Waals surface area contributed by atoms with Crippen LogP contribution in [0, 0.1) is 0 Å². The molecular weight excluding hydrogens is 196 g/mol.